The van der Waals surface area contributed by atoms with Crippen molar-refractivity contribution < 1.29 is 5.11 Å². The second-order valence-corrected chi connectivity index (χ2v) is 4.68. The molecule has 1 heterocycles. The zero-order valence-corrected chi connectivity index (χ0v) is 11.6. The molecule has 3 N–H and O–H groups in total. The first-order chi connectivity index (χ1) is 8.95. The van der Waals surface area contributed by atoms with Gasteiger partial charge in [-0.25, -0.2) is 0 Å². The Bertz CT molecular complexity index is 656. The molecule has 0 spiro atoms. The highest BCUT2D eigenvalue weighted by atomic mass is 16.3. The van der Waals surface area contributed by atoms with E-state index in [1.165, 1.54) is 11.1 Å². The van der Waals surface area contributed by atoms with Crippen molar-refractivity contribution in [3.8, 4) is 17.0 Å². The Balaban J connectivity index is 2.63. The molecule has 2 rings (SSSR count). The lowest BCUT2D eigenvalue weighted by Crippen LogP contribution is -2.01. The zero-order valence-electron chi connectivity index (χ0n) is 11.6. The lowest BCUT2D eigenvalue weighted by molar-refractivity contribution is 0.475. The van der Waals surface area contributed by atoms with E-state index >= 15 is 0 Å². The fourth-order valence-electron chi connectivity index (χ4n) is 2.03. The second kappa shape index (κ2) is 4.76. The van der Waals surface area contributed by atoms with Gasteiger partial charge in [-0.2, -0.15) is 10.2 Å². The molecule has 0 radical (unpaired) electrons. The molecule has 0 aliphatic carbocycles. The first-order valence-corrected chi connectivity index (χ1v) is 6.04. The van der Waals surface area contributed by atoms with Crippen molar-refractivity contribution in [1.29, 1.82) is 0 Å². The van der Waals surface area contributed by atoms with Gasteiger partial charge in [0.1, 0.15) is 5.69 Å². The van der Waals surface area contributed by atoms with Gasteiger partial charge in [-0.1, -0.05) is 12.1 Å². The number of hydrazone groups is 1. The molecule has 5 heteroatoms. The van der Waals surface area contributed by atoms with E-state index in [9.17, 15) is 5.11 Å². The van der Waals surface area contributed by atoms with Gasteiger partial charge < -0.3 is 10.9 Å². The normalized spacial score (nSPS) is 11.9. The lowest BCUT2D eigenvalue weighted by atomic mass is 10.0. The minimum atomic E-state index is 0.109. The Morgan fingerprint density at radius 2 is 2.00 bits per heavy atom. The highest BCUT2D eigenvalue weighted by Crippen LogP contribution is 2.32. The molecular formula is C14H18N4O. The molecule has 0 aliphatic heterocycles. The van der Waals surface area contributed by atoms with Crippen molar-refractivity contribution in [2.24, 2.45) is 18.0 Å². The van der Waals surface area contributed by atoms with Crippen LogP contribution in [0.15, 0.2) is 23.3 Å². The fourth-order valence-corrected chi connectivity index (χ4v) is 2.03. The summed E-state index contributed by atoms with van der Waals surface area (Å²) in [5.41, 5.74) is 4.89. The third-order valence-electron chi connectivity index (χ3n) is 3.34. The molecule has 1 aromatic heterocycles. The molecule has 0 saturated carbocycles. The summed E-state index contributed by atoms with van der Waals surface area (Å²) in [6.45, 7) is 5.81. The van der Waals surface area contributed by atoms with Crippen LogP contribution < -0.4 is 5.84 Å². The van der Waals surface area contributed by atoms with Crippen molar-refractivity contribution in [3.63, 3.8) is 0 Å². The summed E-state index contributed by atoms with van der Waals surface area (Å²) in [7, 11) is 1.79. The van der Waals surface area contributed by atoms with Crippen LogP contribution in [0.2, 0.25) is 0 Å². The Morgan fingerprint density at radius 3 is 2.58 bits per heavy atom. The van der Waals surface area contributed by atoms with E-state index in [4.69, 9.17) is 5.84 Å². The zero-order chi connectivity index (χ0) is 14.2. The average molecular weight is 258 g/mol. The van der Waals surface area contributed by atoms with Gasteiger partial charge in [-0.15, -0.1) is 0 Å². The largest absolute Gasteiger partial charge is 0.504 e. The van der Waals surface area contributed by atoms with Crippen molar-refractivity contribution in [3.05, 3.63) is 35.0 Å². The third kappa shape index (κ3) is 2.19. The van der Waals surface area contributed by atoms with Crippen LogP contribution in [0.1, 0.15) is 23.7 Å². The average Bonchev–Trinajstić information content (AvgIpc) is 2.68. The molecular weight excluding hydrogens is 240 g/mol. The number of nitrogens with zero attached hydrogens (tertiary/aromatic N) is 3. The van der Waals surface area contributed by atoms with Gasteiger partial charge in [-0.3, -0.25) is 4.68 Å². The number of hydrogen-bond acceptors (Lipinski definition) is 4. The molecule has 19 heavy (non-hydrogen) atoms. The predicted octanol–water partition coefficient (Wildman–Crippen LogP) is 2.09. The molecule has 0 fully saturated rings. The molecule has 0 aliphatic rings. The highest BCUT2D eigenvalue weighted by Gasteiger charge is 2.19. The van der Waals surface area contributed by atoms with E-state index in [1.54, 1.807) is 18.7 Å². The van der Waals surface area contributed by atoms with Gasteiger partial charge >= 0.3 is 0 Å². The molecule has 100 valence electrons. The van der Waals surface area contributed by atoms with Crippen molar-refractivity contribution in [2.75, 3.05) is 0 Å². The van der Waals surface area contributed by atoms with Crippen molar-refractivity contribution >= 4 is 5.71 Å². The van der Waals surface area contributed by atoms with Crippen LogP contribution in [0.4, 0.5) is 0 Å². The van der Waals surface area contributed by atoms with Gasteiger partial charge in [0, 0.05) is 12.6 Å². The van der Waals surface area contributed by atoms with Gasteiger partial charge in [0.05, 0.1) is 5.71 Å². The van der Waals surface area contributed by atoms with Crippen LogP contribution in [-0.2, 0) is 7.05 Å². The molecule has 1 aromatic carbocycles. The molecule has 0 bridgehead atoms. The van der Waals surface area contributed by atoms with E-state index in [0.717, 1.165) is 5.56 Å². The second-order valence-electron chi connectivity index (χ2n) is 4.68. The lowest BCUT2D eigenvalue weighted by Gasteiger charge is -2.06. The first-order valence-electron chi connectivity index (χ1n) is 6.04. The topological polar surface area (TPSA) is 76.4 Å². The number of aryl methyl sites for hydroxylation is 3. The maximum Gasteiger partial charge on any atom is 0.171 e. The summed E-state index contributed by atoms with van der Waals surface area (Å²) in [5.74, 6) is 5.35. The summed E-state index contributed by atoms with van der Waals surface area (Å²) >= 11 is 0. The summed E-state index contributed by atoms with van der Waals surface area (Å²) < 4.78 is 1.64. The standard InChI is InChI=1S/C14H18N4O/c1-8-5-6-11(7-9(8)2)13-14(19)12(10(3)16-15)17-18(13)4/h5-7,19H,15H2,1-4H3. The minimum absolute atomic E-state index is 0.109. The van der Waals surface area contributed by atoms with E-state index < -0.39 is 0 Å². The summed E-state index contributed by atoms with van der Waals surface area (Å²) in [6.07, 6.45) is 0. The van der Waals surface area contributed by atoms with Crippen LogP contribution in [-0.4, -0.2) is 20.6 Å². The van der Waals surface area contributed by atoms with E-state index in [-0.39, 0.29) is 5.75 Å². The van der Waals surface area contributed by atoms with Crippen LogP contribution >= 0.6 is 0 Å². The Hall–Kier alpha value is -2.30. The van der Waals surface area contributed by atoms with Gasteiger partial charge in [-0.05, 0) is 38.0 Å². The first kappa shape index (κ1) is 13.1. The Morgan fingerprint density at radius 1 is 1.32 bits per heavy atom. The third-order valence-corrected chi connectivity index (χ3v) is 3.34. The van der Waals surface area contributed by atoms with Gasteiger partial charge in [0.15, 0.2) is 11.4 Å². The molecule has 0 atom stereocenters. The van der Waals surface area contributed by atoms with Crippen LogP contribution in [0, 0.1) is 13.8 Å². The van der Waals surface area contributed by atoms with Crippen LogP contribution in [0.25, 0.3) is 11.3 Å². The summed E-state index contributed by atoms with van der Waals surface area (Å²) in [5, 5.41) is 18.2. The molecule has 0 unspecified atom stereocenters. The van der Waals surface area contributed by atoms with Crippen LogP contribution in [0.5, 0.6) is 5.75 Å². The molecule has 0 saturated heterocycles. The highest BCUT2D eigenvalue weighted by molar-refractivity contribution is 6.00. The van der Waals surface area contributed by atoms with Crippen molar-refractivity contribution in [1.82, 2.24) is 9.78 Å². The van der Waals surface area contributed by atoms with Crippen molar-refractivity contribution in [2.45, 2.75) is 20.8 Å². The Labute approximate surface area is 112 Å². The maximum absolute atomic E-state index is 10.3. The minimum Gasteiger partial charge on any atom is -0.504 e. The Kier molecular flexibility index (Phi) is 3.29. The van der Waals surface area contributed by atoms with E-state index in [2.05, 4.69) is 17.1 Å². The quantitative estimate of drug-likeness (QED) is 0.492. The number of benzene rings is 1. The molecule has 5 nitrogen and oxygen atoms in total. The number of nitrogens with two attached hydrogens (primary N) is 1. The number of rotatable bonds is 2. The monoisotopic (exact) mass is 258 g/mol. The SMILES string of the molecule is CC(=NN)c1nn(C)c(-c2ccc(C)c(C)c2)c1O. The van der Waals surface area contributed by atoms with Gasteiger partial charge in [0.2, 0.25) is 0 Å². The molecule has 2 aromatic rings. The van der Waals surface area contributed by atoms with E-state index in [1.807, 2.05) is 25.1 Å². The number of aromatic hydroxyl groups is 1. The molecule has 0 amide bonds. The number of aromatic nitrogens is 2. The van der Waals surface area contributed by atoms with Crippen LogP contribution in [0.3, 0.4) is 0 Å². The fraction of sp³-hybridized carbons (Fsp3) is 0.286. The smallest absolute Gasteiger partial charge is 0.171 e. The van der Waals surface area contributed by atoms with Gasteiger partial charge in [0.25, 0.3) is 0 Å². The number of hydrogen-bond donors (Lipinski definition) is 2. The predicted molar refractivity (Wildman–Crippen MR) is 76.2 cm³/mol. The van der Waals surface area contributed by atoms with E-state index in [0.29, 0.717) is 17.1 Å². The maximum atomic E-state index is 10.3. The summed E-state index contributed by atoms with van der Waals surface area (Å²) in [6, 6.07) is 6.03. The summed E-state index contributed by atoms with van der Waals surface area (Å²) in [4.78, 5) is 0.